The number of anilines is 1. The fourth-order valence-corrected chi connectivity index (χ4v) is 5.69. The summed E-state index contributed by atoms with van der Waals surface area (Å²) < 4.78 is 27.2. The number of aryl methyl sites for hydroxylation is 3. The van der Waals surface area contributed by atoms with Gasteiger partial charge in [-0.1, -0.05) is 35.4 Å². The van der Waals surface area contributed by atoms with E-state index >= 15 is 0 Å². The zero-order chi connectivity index (χ0) is 21.3. The molecule has 1 saturated heterocycles. The molecule has 30 heavy (non-hydrogen) atoms. The van der Waals surface area contributed by atoms with Gasteiger partial charge in [0.05, 0.1) is 11.4 Å². The Kier molecular flexibility index (Phi) is 5.84. The van der Waals surface area contributed by atoms with Crippen molar-refractivity contribution in [3.8, 4) is 0 Å². The summed E-state index contributed by atoms with van der Waals surface area (Å²) in [6.45, 7) is 6.77. The van der Waals surface area contributed by atoms with Gasteiger partial charge in [0.15, 0.2) is 0 Å². The maximum absolute atomic E-state index is 12.9. The van der Waals surface area contributed by atoms with Crippen LogP contribution in [-0.2, 0) is 21.2 Å². The van der Waals surface area contributed by atoms with Crippen LogP contribution in [0.4, 0.5) is 5.69 Å². The first-order valence-electron chi connectivity index (χ1n) is 10.5. The summed E-state index contributed by atoms with van der Waals surface area (Å²) in [5, 5.41) is 0. The van der Waals surface area contributed by atoms with Crippen molar-refractivity contribution in [2.75, 3.05) is 44.2 Å². The lowest BCUT2D eigenvalue weighted by atomic mass is 9.99. The topological polar surface area (TPSA) is 60.9 Å². The molecular weight excluding hydrogens is 398 g/mol. The van der Waals surface area contributed by atoms with Crippen LogP contribution in [0.2, 0.25) is 0 Å². The van der Waals surface area contributed by atoms with Crippen LogP contribution in [0.3, 0.4) is 0 Å². The first-order chi connectivity index (χ1) is 14.3. The van der Waals surface area contributed by atoms with Gasteiger partial charge in [-0.05, 0) is 50.5 Å². The number of fused-ring (bicyclic) bond motifs is 1. The first-order valence-corrected chi connectivity index (χ1v) is 12.0. The lowest BCUT2D eigenvalue weighted by molar-refractivity contribution is -0.130. The highest BCUT2D eigenvalue weighted by Crippen LogP contribution is 2.28. The van der Waals surface area contributed by atoms with Crippen LogP contribution in [0.15, 0.2) is 47.4 Å². The van der Waals surface area contributed by atoms with Crippen molar-refractivity contribution in [1.29, 1.82) is 0 Å². The number of hydrogen-bond acceptors (Lipinski definition) is 4. The van der Waals surface area contributed by atoms with Crippen LogP contribution >= 0.6 is 0 Å². The second-order valence-electron chi connectivity index (χ2n) is 8.26. The number of rotatable bonds is 4. The van der Waals surface area contributed by atoms with Crippen molar-refractivity contribution in [3.63, 3.8) is 0 Å². The Morgan fingerprint density at radius 2 is 1.57 bits per heavy atom. The van der Waals surface area contributed by atoms with E-state index in [2.05, 4.69) is 30.0 Å². The van der Waals surface area contributed by atoms with Gasteiger partial charge in [0.25, 0.3) is 0 Å². The predicted molar refractivity (Wildman–Crippen MR) is 118 cm³/mol. The van der Waals surface area contributed by atoms with Gasteiger partial charge in [0, 0.05) is 38.4 Å². The molecule has 1 amide bonds. The molecule has 0 aliphatic carbocycles. The molecule has 4 rings (SSSR count). The zero-order valence-electron chi connectivity index (χ0n) is 17.7. The Labute approximate surface area is 179 Å². The molecule has 6 nitrogen and oxygen atoms in total. The van der Waals surface area contributed by atoms with Crippen LogP contribution in [0.5, 0.6) is 0 Å². The highest BCUT2D eigenvalue weighted by Gasteiger charge is 2.31. The average molecular weight is 428 g/mol. The summed E-state index contributed by atoms with van der Waals surface area (Å²) in [6.07, 6.45) is 2.10. The van der Waals surface area contributed by atoms with E-state index in [1.807, 2.05) is 19.1 Å². The Morgan fingerprint density at radius 1 is 0.900 bits per heavy atom. The molecule has 2 aliphatic rings. The van der Waals surface area contributed by atoms with Gasteiger partial charge in [0.1, 0.15) is 0 Å². The van der Waals surface area contributed by atoms with Gasteiger partial charge in [0.2, 0.25) is 15.9 Å². The molecule has 0 aromatic heterocycles. The Bertz CT molecular complexity index is 1030. The molecule has 0 saturated carbocycles. The van der Waals surface area contributed by atoms with Crippen LogP contribution in [0.25, 0.3) is 0 Å². The predicted octanol–water partition coefficient (Wildman–Crippen LogP) is 2.59. The van der Waals surface area contributed by atoms with Crippen LogP contribution in [0, 0.1) is 13.8 Å². The molecule has 2 aromatic carbocycles. The van der Waals surface area contributed by atoms with Crippen molar-refractivity contribution in [2.24, 2.45) is 0 Å². The Hall–Kier alpha value is -2.38. The molecule has 0 unspecified atom stereocenters. The van der Waals surface area contributed by atoms with Gasteiger partial charge in [-0.15, -0.1) is 0 Å². The summed E-state index contributed by atoms with van der Waals surface area (Å²) in [7, 11) is -3.51. The van der Waals surface area contributed by atoms with E-state index in [1.165, 1.54) is 15.4 Å². The third kappa shape index (κ3) is 4.23. The number of amides is 1. The van der Waals surface area contributed by atoms with E-state index in [0.717, 1.165) is 30.6 Å². The molecule has 0 bridgehead atoms. The number of sulfonamides is 1. The minimum atomic E-state index is -3.51. The quantitative estimate of drug-likeness (QED) is 0.753. The number of carbonyl (C=O) groups is 1. The fraction of sp³-hybridized carbons (Fsp3) is 0.435. The molecule has 0 N–H and O–H groups in total. The molecule has 160 valence electrons. The standard InChI is InChI=1S/C23H29N3O3S/c1-18-5-8-21(9-6-18)30(28,29)26-14-12-24(13-15-26)23(27)17-25-11-3-4-20-16-19(2)7-10-22(20)25/h5-10,16H,3-4,11-15,17H2,1-2H3. The molecule has 7 heteroatoms. The van der Waals surface area contributed by atoms with Gasteiger partial charge in [-0.3, -0.25) is 4.79 Å². The second-order valence-corrected chi connectivity index (χ2v) is 10.2. The highest BCUT2D eigenvalue weighted by molar-refractivity contribution is 7.89. The van der Waals surface area contributed by atoms with E-state index in [4.69, 9.17) is 0 Å². The largest absolute Gasteiger partial charge is 0.362 e. The van der Waals surface area contributed by atoms with Gasteiger partial charge >= 0.3 is 0 Å². The van der Waals surface area contributed by atoms with Crippen molar-refractivity contribution < 1.29 is 13.2 Å². The molecule has 2 aromatic rings. The molecular formula is C23H29N3O3S. The van der Waals surface area contributed by atoms with Gasteiger partial charge in [-0.2, -0.15) is 4.31 Å². The fourth-order valence-electron chi connectivity index (χ4n) is 4.27. The van der Waals surface area contributed by atoms with Crippen molar-refractivity contribution in [1.82, 2.24) is 9.21 Å². The van der Waals surface area contributed by atoms with Crippen LogP contribution in [-0.4, -0.2) is 62.8 Å². The van der Waals surface area contributed by atoms with Gasteiger partial charge in [-0.25, -0.2) is 8.42 Å². The third-order valence-corrected chi connectivity index (χ3v) is 7.94. The summed E-state index contributed by atoms with van der Waals surface area (Å²) in [5.41, 5.74) is 4.73. The minimum absolute atomic E-state index is 0.0656. The minimum Gasteiger partial charge on any atom is -0.362 e. The van der Waals surface area contributed by atoms with E-state index in [9.17, 15) is 13.2 Å². The lowest BCUT2D eigenvalue weighted by Gasteiger charge is -2.37. The second kappa shape index (κ2) is 8.40. The van der Waals surface area contributed by atoms with Crippen molar-refractivity contribution in [3.05, 3.63) is 59.2 Å². The SMILES string of the molecule is Cc1ccc(S(=O)(=O)N2CCN(C(=O)CN3CCCc4cc(C)ccc43)CC2)cc1. The average Bonchev–Trinajstić information content (AvgIpc) is 2.74. The number of piperazine rings is 1. The number of hydrogen-bond donors (Lipinski definition) is 0. The van der Waals surface area contributed by atoms with Gasteiger partial charge < -0.3 is 9.80 Å². The van der Waals surface area contributed by atoms with E-state index in [1.54, 1.807) is 17.0 Å². The first kappa shape index (κ1) is 20.9. The lowest BCUT2D eigenvalue weighted by Crippen LogP contribution is -2.52. The molecule has 2 aliphatic heterocycles. The molecule has 2 heterocycles. The summed E-state index contributed by atoms with van der Waals surface area (Å²) in [4.78, 5) is 17.2. The molecule has 0 radical (unpaired) electrons. The summed E-state index contributed by atoms with van der Waals surface area (Å²) in [6, 6.07) is 13.3. The van der Waals surface area contributed by atoms with Crippen molar-refractivity contribution in [2.45, 2.75) is 31.6 Å². The monoisotopic (exact) mass is 427 g/mol. The number of benzene rings is 2. The van der Waals surface area contributed by atoms with E-state index < -0.39 is 10.0 Å². The van der Waals surface area contributed by atoms with Crippen molar-refractivity contribution >= 4 is 21.6 Å². The zero-order valence-corrected chi connectivity index (χ0v) is 18.5. The third-order valence-electron chi connectivity index (χ3n) is 6.03. The number of carbonyl (C=O) groups excluding carboxylic acids is 1. The van der Waals surface area contributed by atoms with E-state index in [0.29, 0.717) is 37.6 Å². The highest BCUT2D eigenvalue weighted by atomic mass is 32.2. The van der Waals surface area contributed by atoms with Crippen LogP contribution < -0.4 is 4.90 Å². The smallest absolute Gasteiger partial charge is 0.243 e. The normalized spacial score (nSPS) is 17.7. The Balaban J connectivity index is 1.38. The maximum atomic E-state index is 12.9. The molecule has 0 atom stereocenters. The summed E-state index contributed by atoms with van der Waals surface area (Å²) in [5.74, 6) is 0.0656. The maximum Gasteiger partial charge on any atom is 0.243 e. The summed E-state index contributed by atoms with van der Waals surface area (Å²) >= 11 is 0. The number of nitrogens with zero attached hydrogens (tertiary/aromatic N) is 3. The molecule has 0 spiro atoms. The molecule has 1 fully saturated rings. The van der Waals surface area contributed by atoms with E-state index in [-0.39, 0.29) is 5.91 Å². The van der Waals surface area contributed by atoms with Crippen LogP contribution in [0.1, 0.15) is 23.1 Å². The Morgan fingerprint density at radius 3 is 2.27 bits per heavy atom.